The molecule has 1 aromatic heterocycles. The lowest BCUT2D eigenvalue weighted by molar-refractivity contribution is 0.102. The van der Waals surface area contributed by atoms with Crippen LogP contribution in [0.4, 0.5) is 10.8 Å². The molecular weight excluding hydrogens is 282 g/mol. The summed E-state index contributed by atoms with van der Waals surface area (Å²) in [6, 6.07) is 11.4. The van der Waals surface area contributed by atoms with Gasteiger partial charge in [-0.2, -0.15) is 0 Å². The zero-order valence-corrected chi connectivity index (χ0v) is 12.6. The molecule has 0 bridgehead atoms. The Morgan fingerprint density at radius 1 is 1.24 bits per heavy atom. The Bertz CT molecular complexity index is 839. The standard InChI is InChI=1S/C16H15N3OS/c1-9-6-7-12-13(8-9)21-16(18-12)19-15(20)11-5-3-4-10(2)14(11)17/h3-8H,17H2,1-2H3,(H,18,19,20). The summed E-state index contributed by atoms with van der Waals surface area (Å²) in [5, 5.41) is 3.41. The van der Waals surface area contributed by atoms with Crippen LogP contribution in [-0.2, 0) is 0 Å². The molecule has 0 unspecified atom stereocenters. The normalized spacial score (nSPS) is 10.8. The number of hydrogen-bond acceptors (Lipinski definition) is 4. The van der Waals surface area contributed by atoms with Crippen molar-refractivity contribution in [2.24, 2.45) is 0 Å². The van der Waals surface area contributed by atoms with Crippen molar-refractivity contribution in [2.45, 2.75) is 13.8 Å². The van der Waals surface area contributed by atoms with Crippen molar-refractivity contribution in [3.05, 3.63) is 53.1 Å². The average molecular weight is 297 g/mol. The molecule has 106 valence electrons. The van der Waals surface area contributed by atoms with E-state index in [1.165, 1.54) is 16.9 Å². The third-order valence-electron chi connectivity index (χ3n) is 3.33. The van der Waals surface area contributed by atoms with E-state index in [9.17, 15) is 4.79 Å². The third kappa shape index (κ3) is 2.60. The molecule has 2 aromatic carbocycles. The van der Waals surface area contributed by atoms with E-state index >= 15 is 0 Å². The molecule has 0 radical (unpaired) electrons. The molecule has 0 fully saturated rings. The summed E-state index contributed by atoms with van der Waals surface area (Å²) in [7, 11) is 0. The lowest BCUT2D eigenvalue weighted by atomic mass is 10.1. The zero-order chi connectivity index (χ0) is 15.0. The summed E-state index contributed by atoms with van der Waals surface area (Å²) in [4.78, 5) is 16.7. The minimum atomic E-state index is -0.230. The van der Waals surface area contributed by atoms with Gasteiger partial charge in [0.05, 0.1) is 15.8 Å². The van der Waals surface area contributed by atoms with Gasteiger partial charge >= 0.3 is 0 Å². The van der Waals surface area contributed by atoms with E-state index in [0.717, 1.165) is 15.8 Å². The lowest BCUT2D eigenvalue weighted by Crippen LogP contribution is -2.14. The van der Waals surface area contributed by atoms with Crippen LogP contribution in [0.1, 0.15) is 21.5 Å². The Kier molecular flexibility index (Phi) is 3.35. The first-order valence-electron chi connectivity index (χ1n) is 6.58. The van der Waals surface area contributed by atoms with Crippen LogP contribution in [0.2, 0.25) is 0 Å². The smallest absolute Gasteiger partial charge is 0.259 e. The number of anilines is 2. The van der Waals surface area contributed by atoms with E-state index in [1.807, 2.05) is 38.1 Å². The van der Waals surface area contributed by atoms with E-state index in [1.54, 1.807) is 6.07 Å². The van der Waals surface area contributed by atoms with Crippen molar-refractivity contribution >= 4 is 38.3 Å². The van der Waals surface area contributed by atoms with Crippen LogP contribution in [0, 0.1) is 13.8 Å². The number of nitrogens with zero attached hydrogens (tertiary/aromatic N) is 1. The summed E-state index contributed by atoms with van der Waals surface area (Å²) < 4.78 is 1.06. The van der Waals surface area contributed by atoms with Crippen molar-refractivity contribution in [3.8, 4) is 0 Å². The lowest BCUT2D eigenvalue weighted by Gasteiger charge is -2.07. The Morgan fingerprint density at radius 2 is 2.05 bits per heavy atom. The van der Waals surface area contributed by atoms with Gasteiger partial charge in [-0.1, -0.05) is 29.5 Å². The van der Waals surface area contributed by atoms with Gasteiger partial charge in [0.1, 0.15) is 0 Å². The maximum atomic E-state index is 12.3. The van der Waals surface area contributed by atoms with Gasteiger partial charge in [-0.25, -0.2) is 4.98 Å². The van der Waals surface area contributed by atoms with Gasteiger partial charge in [-0.15, -0.1) is 0 Å². The molecule has 0 aliphatic carbocycles. The highest BCUT2D eigenvalue weighted by Gasteiger charge is 2.13. The number of aryl methyl sites for hydroxylation is 2. The molecule has 1 amide bonds. The molecule has 0 atom stereocenters. The predicted molar refractivity (Wildman–Crippen MR) is 87.9 cm³/mol. The number of aromatic nitrogens is 1. The van der Waals surface area contributed by atoms with Crippen molar-refractivity contribution in [1.29, 1.82) is 0 Å². The summed E-state index contributed by atoms with van der Waals surface area (Å²) in [6.45, 7) is 3.91. The Hall–Kier alpha value is -2.40. The van der Waals surface area contributed by atoms with E-state index in [2.05, 4.69) is 16.4 Å². The SMILES string of the molecule is Cc1ccc2nc(NC(=O)c3cccc(C)c3N)sc2c1. The minimum absolute atomic E-state index is 0.230. The molecule has 3 aromatic rings. The molecule has 3 rings (SSSR count). The molecule has 3 N–H and O–H groups in total. The number of nitrogens with one attached hydrogen (secondary N) is 1. The van der Waals surface area contributed by atoms with Gasteiger partial charge in [0.25, 0.3) is 5.91 Å². The quantitative estimate of drug-likeness (QED) is 0.708. The van der Waals surface area contributed by atoms with Crippen LogP contribution >= 0.6 is 11.3 Å². The predicted octanol–water partition coefficient (Wildman–Crippen LogP) is 3.75. The maximum Gasteiger partial charge on any atom is 0.259 e. The van der Waals surface area contributed by atoms with Crippen molar-refractivity contribution < 1.29 is 4.79 Å². The fourth-order valence-corrected chi connectivity index (χ4v) is 3.09. The van der Waals surface area contributed by atoms with Crippen LogP contribution in [-0.4, -0.2) is 10.9 Å². The average Bonchev–Trinajstić information content (AvgIpc) is 2.83. The first-order chi connectivity index (χ1) is 10.0. The van der Waals surface area contributed by atoms with Gasteiger partial charge in [0, 0.05) is 5.69 Å². The minimum Gasteiger partial charge on any atom is -0.398 e. The number of thiazole rings is 1. The number of para-hydroxylation sites is 1. The summed E-state index contributed by atoms with van der Waals surface area (Å²) in [5.41, 5.74) is 9.89. The topological polar surface area (TPSA) is 68.0 Å². The number of amides is 1. The molecule has 0 aliphatic heterocycles. The monoisotopic (exact) mass is 297 g/mol. The highest BCUT2D eigenvalue weighted by atomic mass is 32.1. The first kappa shape index (κ1) is 13.6. The largest absolute Gasteiger partial charge is 0.398 e. The van der Waals surface area contributed by atoms with Crippen LogP contribution < -0.4 is 11.1 Å². The van der Waals surface area contributed by atoms with Crippen molar-refractivity contribution in [3.63, 3.8) is 0 Å². The number of carbonyl (C=O) groups excluding carboxylic acids is 1. The molecular formula is C16H15N3OS. The number of nitrogen functional groups attached to an aromatic ring is 1. The molecule has 4 nitrogen and oxygen atoms in total. The van der Waals surface area contributed by atoms with E-state index in [0.29, 0.717) is 16.4 Å². The molecule has 0 saturated carbocycles. The second-order valence-electron chi connectivity index (χ2n) is 4.98. The van der Waals surface area contributed by atoms with Gasteiger partial charge < -0.3 is 5.73 Å². The second-order valence-corrected chi connectivity index (χ2v) is 6.01. The number of nitrogens with two attached hydrogens (primary N) is 1. The summed E-state index contributed by atoms with van der Waals surface area (Å²) in [5.74, 6) is -0.230. The Morgan fingerprint density at radius 3 is 2.86 bits per heavy atom. The highest BCUT2D eigenvalue weighted by molar-refractivity contribution is 7.22. The van der Waals surface area contributed by atoms with E-state index in [-0.39, 0.29) is 5.91 Å². The maximum absolute atomic E-state index is 12.3. The summed E-state index contributed by atoms with van der Waals surface area (Å²) >= 11 is 1.46. The fourth-order valence-electron chi connectivity index (χ4n) is 2.13. The first-order valence-corrected chi connectivity index (χ1v) is 7.40. The van der Waals surface area contributed by atoms with Gasteiger partial charge in [0.2, 0.25) is 0 Å². The zero-order valence-electron chi connectivity index (χ0n) is 11.8. The molecule has 0 saturated heterocycles. The van der Waals surface area contributed by atoms with Crippen LogP contribution in [0.3, 0.4) is 0 Å². The van der Waals surface area contributed by atoms with Crippen LogP contribution in [0.5, 0.6) is 0 Å². The molecule has 21 heavy (non-hydrogen) atoms. The number of fused-ring (bicyclic) bond motifs is 1. The van der Waals surface area contributed by atoms with Crippen molar-refractivity contribution in [1.82, 2.24) is 4.98 Å². The number of hydrogen-bond donors (Lipinski definition) is 2. The molecule has 1 heterocycles. The molecule has 0 spiro atoms. The fraction of sp³-hybridized carbons (Fsp3) is 0.125. The number of carbonyl (C=O) groups is 1. The van der Waals surface area contributed by atoms with Gasteiger partial charge in [-0.3, -0.25) is 10.1 Å². The Balaban J connectivity index is 1.91. The van der Waals surface area contributed by atoms with E-state index in [4.69, 9.17) is 5.73 Å². The number of rotatable bonds is 2. The van der Waals surface area contributed by atoms with E-state index < -0.39 is 0 Å². The highest BCUT2D eigenvalue weighted by Crippen LogP contribution is 2.27. The van der Waals surface area contributed by atoms with Gasteiger partial charge in [0.15, 0.2) is 5.13 Å². The summed E-state index contributed by atoms with van der Waals surface area (Å²) in [6.07, 6.45) is 0. The van der Waals surface area contributed by atoms with Crippen molar-refractivity contribution in [2.75, 3.05) is 11.1 Å². The Labute approximate surface area is 126 Å². The van der Waals surface area contributed by atoms with Crippen LogP contribution in [0.15, 0.2) is 36.4 Å². The molecule has 5 heteroatoms. The number of benzene rings is 2. The third-order valence-corrected chi connectivity index (χ3v) is 4.27. The van der Waals surface area contributed by atoms with Gasteiger partial charge in [-0.05, 0) is 43.2 Å². The second kappa shape index (κ2) is 5.18. The van der Waals surface area contributed by atoms with Crippen LogP contribution in [0.25, 0.3) is 10.2 Å². The molecule has 0 aliphatic rings.